The molecule has 0 aliphatic heterocycles. The minimum atomic E-state index is -0.455. The fraction of sp³-hybridized carbons (Fsp3) is 0.500. The Morgan fingerprint density at radius 3 is 2.65 bits per heavy atom. The van der Waals surface area contributed by atoms with Crippen molar-refractivity contribution < 1.29 is 9.53 Å². The van der Waals surface area contributed by atoms with E-state index in [0.717, 1.165) is 12.2 Å². The lowest BCUT2D eigenvalue weighted by atomic mass is 10.1. The summed E-state index contributed by atoms with van der Waals surface area (Å²) in [5, 5.41) is 2.81. The number of carbonyl (C=O) groups is 1. The Morgan fingerprint density at radius 1 is 1.35 bits per heavy atom. The molecule has 94 valence electrons. The number of rotatable bonds is 5. The zero-order valence-electron chi connectivity index (χ0n) is 11.0. The van der Waals surface area contributed by atoms with Crippen molar-refractivity contribution in [2.45, 2.75) is 40.2 Å². The predicted molar refractivity (Wildman–Crippen MR) is 69.3 cm³/mol. The van der Waals surface area contributed by atoms with Gasteiger partial charge in [0.2, 0.25) is 0 Å². The minimum absolute atomic E-state index is 0.0647. The van der Waals surface area contributed by atoms with Gasteiger partial charge in [-0.15, -0.1) is 0 Å². The van der Waals surface area contributed by atoms with E-state index >= 15 is 0 Å². The standard InChI is InChI=1S/C14H21NO2/c1-5-8-15-14(16)12(4)17-13-7-6-10(2)11(3)9-13/h6-7,9,12H,5,8H2,1-4H3,(H,15,16)/t12-/m0/s1. The SMILES string of the molecule is CCCNC(=O)[C@H](C)Oc1ccc(C)c(C)c1. The summed E-state index contributed by atoms with van der Waals surface area (Å²) < 4.78 is 5.60. The number of hydrogen-bond acceptors (Lipinski definition) is 2. The van der Waals surface area contributed by atoms with Crippen LogP contribution >= 0.6 is 0 Å². The number of benzene rings is 1. The van der Waals surface area contributed by atoms with E-state index in [1.54, 1.807) is 6.92 Å². The van der Waals surface area contributed by atoms with E-state index in [9.17, 15) is 4.79 Å². The lowest BCUT2D eigenvalue weighted by molar-refractivity contribution is -0.127. The zero-order valence-corrected chi connectivity index (χ0v) is 11.0. The highest BCUT2D eigenvalue weighted by atomic mass is 16.5. The van der Waals surface area contributed by atoms with Crippen LogP contribution in [0.4, 0.5) is 0 Å². The van der Waals surface area contributed by atoms with E-state index in [1.165, 1.54) is 11.1 Å². The van der Waals surface area contributed by atoms with E-state index in [4.69, 9.17) is 4.74 Å². The first-order valence-corrected chi connectivity index (χ1v) is 6.06. The molecular weight excluding hydrogens is 214 g/mol. The van der Waals surface area contributed by atoms with Crippen molar-refractivity contribution in [3.63, 3.8) is 0 Å². The molecule has 1 amide bonds. The van der Waals surface area contributed by atoms with E-state index in [2.05, 4.69) is 12.2 Å². The minimum Gasteiger partial charge on any atom is -0.481 e. The van der Waals surface area contributed by atoms with Crippen LogP contribution in [-0.2, 0) is 4.79 Å². The zero-order chi connectivity index (χ0) is 12.8. The van der Waals surface area contributed by atoms with Crippen LogP contribution in [0, 0.1) is 13.8 Å². The first-order valence-electron chi connectivity index (χ1n) is 6.06. The second-order valence-electron chi connectivity index (χ2n) is 4.30. The average Bonchev–Trinajstić information content (AvgIpc) is 2.30. The van der Waals surface area contributed by atoms with Crippen LogP contribution in [0.3, 0.4) is 0 Å². The van der Waals surface area contributed by atoms with Crippen LogP contribution in [0.15, 0.2) is 18.2 Å². The molecule has 0 saturated carbocycles. The normalized spacial score (nSPS) is 12.0. The summed E-state index contributed by atoms with van der Waals surface area (Å²) in [6.07, 6.45) is 0.478. The molecule has 1 aromatic rings. The predicted octanol–water partition coefficient (Wildman–Crippen LogP) is 2.60. The highest BCUT2D eigenvalue weighted by Crippen LogP contribution is 2.17. The van der Waals surface area contributed by atoms with Crippen LogP contribution in [0.1, 0.15) is 31.4 Å². The highest BCUT2D eigenvalue weighted by molar-refractivity contribution is 5.80. The van der Waals surface area contributed by atoms with Gasteiger partial charge in [-0.1, -0.05) is 13.0 Å². The maximum atomic E-state index is 11.6. The Balaban J connectivity index is 2.58. The van der Waals surface area contributed by atoms with Crippen LogP contribution in [0.2, 0.25) is 0 Å². The monoisotopic (exact) mass is 235 g/mol. The van der Waals surface area contributed by atoms with Gasteiger partial charge in [0.05, 0.1) is 0 Å². The number of aryl methyl sites for hydroxylation is 2. The number of nitrogens with one attached hydrogen (secondary N) is 1. The molecule has 1 aromatic carbocycles. The van der Waals surface area contributed by atoms with E-state index in [1.807, 2.05) is 32.0 Å². The van der Waals surface area contributed by atoms with Gasteiger partial charge >= 0.3 is 0 Å². The lowest BCUT2D eigenvalue weighted by Crippen LogP contribution is -2.36. The maximum absolute atomic E-state index is 11.6. The highest BCUT2D eigenvalue weighted by Gasteiger charge is 2.13. The van der Waals surface area contributed by atoms with Gasteiger partial charge in [0.25, 0.3) is 5.91 Å². The van der Waals surface area contributed by atoms with Gasteiger partial charge in [0, 0.05) is 6.54 Å². The summed E-state index contributed by atoms with van der Waals surface area (Å²) in [4.78, 5) is 11.6. The van der Waals surface area contributed by atoms with Gasteiger partial charge in [-0.25, -0.2) is 0 Å². The number of carbonyl (C=O) groups excluding carboxylic acids is 1. The van der Waals surface area contributed by atoms with E-state index in [0.29, 0.717) is 6.54 Å². The maximum Gasteiger partial charge on any atom is 0.260 e. The van der Waals surface area contributed by atoms with Crippen molar-refractivity contribution >= 4 is 5.91 Å². The summed E-state index contributed by atoms with van der Waals surface area (Å²) in [6.45, 7) is 8.56. The quantitative estimate of drug-likeness (QED) is 0.852. The van der Waals surface area contributed by atoms with Crippen molar-refractivity contribution in [2.24, 2.45) is 0 Å². The van der Waals surface area contributed by atoms with Gasteiger partial charge in [0.15, 0.2) is 6.10 Å². The van der Waals surface area contributed by atoms with Gasteiger partial charge in [-0.05, 0) is 50.5 Å². The molecule has 1 atom stereocenters. The molecule has 0 bridgehead atoms. The molecule has 3 heteroatoms. The fourth-order valence-corrected chi connectivity index (χ4v) is 1.44. The first kappa shape index (κ1) is 13.6. The smallest absolute Gasteiger partial charge is 0.260 e. The van der Waals surface area contributed by atoms with E-state index < -0.39 is 6.10 Å². The molecule has 0 unspecified atom stereocenters. The molecule has 0 radical (unpaired) electrons. The second-order valence-corrected chi connectivity index (χ2v) is 4.30. The van der Waals surface area contributed by atoms with Gasteiger partial charge < -0.3 is 10.1 Å². The topological polar surface area (TPSA) is 38.3 Å². The summed E-state index contributed by atoms with van der Waals surface area (Å²) in [6, 6.07) is 5.85. The molecule has 1 rings (SSSR count). The van der Waals surface area contributed by atoms with Crippen LogP contribution in [0.25, 0.3) is 0 Å². The van der Waals surface area contributed by atoms with Gasteiger partial charge in [-0.2, -0.15) is 0 Å². The summed E-state index contributed by atoms with van der Waals surface area (Å²) in [5.74, 6) is 0.678. The fourth-order valence-electron chi connectivity index (χ4n) is 1.44. The van der Waals surface area contributed by atoms with Gasteiger partial charge in [0.1, 0.15) is 5.75 Å². The van der Waals surface area contributed by atoms with E-state index in [-0.39, 0.29) is 5.91 Å². The van der Waals surface area contributed by atoms with Crippen molar-refractivity contribution in [2.75, 3.05) is 6.54 Å². The van der Waals surface area contributed by atoms with Gasteiger partial charge in [-0.3, -0.25) is 4.79 Å². The van der Waals surface area contributed by atoms with Crippen molar-refractivity contribution in [1.29, 1.82) is 0 Å². The largest absolute Gasteiger partial charge is 0.481 e. The molecular formula is C14H21NO2. The number of hydrogen-bond donors (Lipinski definition) is 1. The lowest BCUT2D eigenvalue weighted by Gasteiger charge is -2.15. The third kappa shape index (κ3) is 4.10. The Bertz CT molecular complexity index is 388. The first-order chi connectivity index (χ1) is 8.04. The van der Waals surface area contributed by atoms with Crippen molar-refractivity contribution in [1.82, 2.24) is 5.32 Å². The summed E-state index contributed by atoms with van der Waals surface area (Å²) in [7, 11) is 0. The molecule has 0 aliphatic rings. The second kappa shape index (κ2) is 6.28. The molecule has 1 N–H and O–H groups in total. The van der Waals surface area contributed by atoms with Crippen LogP contribution < -0.4 is 10.1 Å². The molecule has 0 heterocycles. The third-order valence-corrected chi connectivity index (χ3v) is 2.71. The van der Waals surface area contributed by atoms with Crippen molar-refractivity contribution in [3.05, 3.63) is 29.3 Å². The molecule has 0 aliphatic carbocycles. The van der Waals surface area contributed by atoms with Crippen molar-refractivity contribution in [3.8, 4) is 5.75 Å². The molecule has 0 fully saturated rings. The number of amides is 1. The third-order valence-electron chi connectivity index (χ3n) is 2.71. The summed E-state index contributed by atoms with van der Waals surface area (Å²) in [5.41, 5.74) is 2.39. The van der Waals surface area contributed by atoms with Crippen LogP contribution in [0.5, 0.6) is 5.75 Å². The Labute approximate surface area is 103 Å². The Hall–Kier alpha value is -1.51. The Kier molecular flexibility index (Phi) is 5.01. The van der Waals surface area contributed by atoms with Crippen LogP contribution in [-0.4, -0.2) is 18.6 Å². The Morgan fingerprint density at radius 2 is 2.06 bits per heavy atom. The number of ether oxygens (including phenoxy) is 1. The molecule has 17 heavy (non-hydrogen) atoms. The average molecular weight is 235 g/mol. The molecule has 0 aromatic heterocycles. The molecule has 0 spiro atoms. The molecule has 0 saturated heterocycles. The summed E-state index contributed by atoms with van der Waals surface area (Å²) >= 11 is 0. The molecule has 3 nitrogen and oxygen atoms in total.